The van der Waals surface area contributed by atoms with E-state index in [-0.39, 0.29) is 10.6 Å². The smallest absolute Gasteiger partial charge is 0.182 e. The van der Waals surface area contributed by atoms with Crippen LogP contribution in [0.3, 0.4) is 0 Å². The fraction of sp³-hybridized carbons (Fsp3) is 0.0476. The standard InChI is InChI=1S/C21H16N4O2S/c22-20-19-17(12-23-21(19)25-14-24-20)10-9-15-7-4-8-18(11-15)28(26,27)13-16-5-2-1-3-6-16/h1-8,11-12,14H,13H2,(H3,22,23,24,25). The molecule has 0 unspecified atom stereocenters. The number of nitrogen functional groups attached to an aromatic ring is 1. The van der Waals surface area contributed by atoms with Crippen molar-refractivity contribution in [2.75, 3.05) is 5.73 Å². The van der Waals surface area contributed by atoms with E-state index >= 15 is 0 Å². The van der Waals surface area contributed by atoms with Crippen LogP contribution in [0.15, 0.2) is 72.0 Å². The summed E-state index contributed by atoms with van der Waals surface area (Å²) in [5, 5.41) is 0.655. The predicted molar refractivity (Wildman–Crippen MR) is 108 cm³/mol. The molecule has 2 heterocycles. The van der Waals surface area contributed by atoms with Gasteiger partial charge in [-0.25, -0.2) is 18.4 Å². The van der Waals surface area contributed by atoms with E-state index in [0.717, 1.165) is 5.56 Å². The molecule has 0 atom stereocenters. The number of nitrogens with one attached hydrogen (secondary N) is 1. The maximum absolute atomic E-state index is 12.7. The van der Waals surface area contributed by atoms with Crippen LogP contribution in [0.2, 0.25) is 0 Å². The zero-order chi connectivity index (χ0) is 19.6. The Kier molecular flexibility index (Phi) is 4.55. The number of benzene rings is 2. The van der Waals surface area contributed by atoms with Crippen molar-refractivity contribution in [2.24, 2.45) is 0 Å². The monoisotopic (exact) mass is 388 g/mol. The van der Waals surface area contributed by atoms with Crippen LogP contribution in [0.25, 0.3) is 11.0 Å². The van der Waals surface area contributed by atoms with Crippen molar-refractivity contribution in [1.82, 2.24) is 15.0 Å². The first-order valence-corrected chi connectivity index (χ1v) is 10.1. The van der Waals surface area contributed by atoms with Crippen molar-refractivity contribution in [1.29, 1.82) is 0 Å². The van der Waals surface area contributed by atoms with Gasteiger partial charge in [0.2, 0.25) is 0 Å². The minimum absolute atomic E-state index is 0.0545. The van der Waals surface area contributed by atoms with Crippen molar-refractivity contribution >= 4 is 26.7 Å². The second-order valence-corrected chi connectivity index (χ2v) is 8.20. The predicted octanol–water partition coefficient (Wildman–Crippen LogP) is 2.91. The molecule has 138 valence electrons. The fourth-order valence-electron chi connectivity index (χ4n) is 2.87. The first kappa shape index (κ1) is 17.8. The minimum Gasteiger partial charge on any atom is -0.383 e. The third kappa shape index (κ3) is 3.59. The molecule has 0 aliphatic carbocycles. The molecule has 0 fully saturated rings. The van der Waals surface area contributed by atoms with Crippen molar-refractivity contribution in [2.45, 2.75) is 10.6 Å². The number of nitrogens with zero attached hydrogens (tertiary/aromatic N) is 2. The van der Waals surface area contributed by atoms with Crippen LogP contribution >= 0.6 is 0 Å². The van der Waals surface area contributed by atoms with Gasteiger partial charge in [0.25, 0.3) is 0 Å². The molecule has 4 aromatic rings. The van der Waals surface area contributed by atoms with Crippen LogP contribution in [0.4, 0.5) is 5.82 Å². The molecule has 4 rings (SSSR count). The average Bonchev–Trinajstić information content (AvgIpc) is 3.12. The SMILES string of the molecule is Nc1ncnc2[nH]cc(C#Cc3cccc(S(=O)(=O)Cc4ccccc4)c3)c12. The molecule has 0 amide bonds. The molecule has 2 aromatic heterocycles. The zero-order valence-corrected chi connectivity index (χ0v) is 15.6. The number of sulfone groups is 1. The lowest BCUT2D eigenvalue weighted by Gasteiger charge is -2.05. The molecule has 0 saturated carbocycles. The van der Waals surface area contributed by atoms with Gasteiger partial charge in [-0.2, -0.15) is 0 Å². The second-order valence-electron chi connectivity index (χ2n) is 6.21. The topological polar surface area (TPSA) is 102 Å². The summed E-state index contributed by atoms with van der Waals surface area (Å²) in [6, 6.07) is 15.7. The van der Waals surface area contributed by atoms with Crippen molar-refractivity contribution in [3.63, 3.8) is 0 Å². The van der Waals surface area contributed by atoms with Crippen molar-refractivity contribution in [3.05, 3.63) is 83.8 Å². The summed E-state index contributed by atoms with van der Waals surface area (Å²) < 4.78 is 25.4. The van der Waals surface area contributed by atoms with Crippen molar-refractivity contribution in [3.8, 4) is 11.8 Å². The third-order valence-corrected chi connectivity index (χ3v) is 5.92. The van der Waals surface area contributed by atoms with Gasteiger partial charge in [0.1, 0.15) is 17.8 Å². The van der Waals surface area contributed by atoms with Crippen LogP contribution in [-0.2, 0) is 15.6 Å². The maximum atomic E-state index is 12.7. The average molecular weight is 388 g/mol. The lowest BCUT2D eigenvalue weighted by molar-refractivity contribution is 0.595. The van der Waals surface area contributed by atoms with Crippen LogP contribution in [0.5, 0.6) is 0 Å². The lowest BCUT2D eigenvalue weighted by atomic mass is 10.2. The molecular formula is C21H16N4O2S. The summed E-state index contributed by atoms with van der Waals surface area (Å²) in [5.74, 6) is 6.30. The Hall–Kier alpha value is -3.63. The van der Waals surface area contributed by atoms with E-state index in [2.05, 4.69) is 26.8 Å². The molecule has 2 aromatic carbocycles. The molecule has 6 nitrogen and oxygen atoms in total. The highest BCUT2D eigenvalue weighted by Crippen LogP contribution is 2.20. The van der Waals surface area contributed by atoms with Crippen LogP contribution < -0.4 is 5.73 Å². The van der Waals surface area contributed by atoms with E-state index in [9.17, 15) is 8.42 Å². The van der Waals surface area contributed by atoms with Gasteiger partial charge >= 0.3 is 0 Å². The summed E-state index contributed by atoms with van der Waals surface area (Å²) in [6.45, 7) is 0. The van der Waals surface area contributed by atoms with Gasteiger partial charge in [-0.15, -0.1) is 0 Å². The van der Waals surface area contributed by atoms with Crippen molar-refractivity contribution < 1.29 is 8.42 Å². The molecule has 3 N–H and O–H groups in total. The fourth-order valence-corrected chi connectivity index (χ4v) is 4.26. The molecule has 0 aliphatic rings. The number of hydrogen-bond donors (Lipinski definition) is 2. The number of aromatic nitrogens is 3. The van der Waals surface area contributed by atoms with E-state index in [1.165, 1.54) is 6.33 Å². The number of hydrogen-bond acceptors (Lipinski definition) is 5. The number of aromatic amines is 1. The Morgan fingerprint density at radius 2 is 1.82 bits per heavy atom. The van der Waals surface area contributed by atoms with E-state index in [0.29, 0.717) is 28.0 Å². The van der Waals surface area contributed by atoms with Gasteiger partial charge in [0.15, 0.2) is 9.84 Å². The molecule has 28 heavy (non-hydrogen) atoms. The highest BCUT2D eigenvalue weighted by molar-refractivity contribution is 7.90. The van der Waals surface area contributed by atoms with Gasteiger partial charge in [-0.05, 0) is 23.8 Å². The number of fused-ring (bicyclic) bond motifs is 1. The summed E-state index contributed by atoms with van der Waals surface area (Å²) in [6.07, 6.45) is 3.09. The van der Waals surface area contributed by atoms with Crippen LogP contribution in [0, 0.1) is 11.8 Å². The third-order valence-electron chi connectivity index (χ3n) is 4.23. The quantitative estimate of drug-likeness (QED) is 0.526. The second kappa shape index (κ2) is 7.18. The maximum Gasteiger partial charge on any atom is 0.182 e. The molecule has 7 heteroatoms. The Morgan fingerprint density at radius 1 is 1.00 bits per heavy atom. The van der Waals surface area contributed by atoms with Gasteiger partial charge < -0.3 is 10.7 Å². The molecule has 0 aliphatic heterocycles. The summed E-state index contributed by atoms with van der Waals surface area (Å²) in [5.41, 5.74) is 8.51. The van der Waals surface area contributed by atoms with E-state index in [4.69, 9.17) is 5.73 Å². The number of H-pyrrole nitrogens is 1. The van der Waals surface area contributed by atoms with E-state index < -0.39 is 9.84 Å². The summed E-state index contributed by atoms with van der Waals surface area (Å²) in [7, 11) is -3.46. The van der Waals surface area contributed by atoms with Gasteiger partial charge in [-0.1, -0.05) is 48.2 Å². The van der Waals surface area contributed by atoms with Crippen LogP contribution in [0.1, 0.15) is 16.7 Å². The van der Waals surface area contributed by atoms with Gasteiger partial charge in [0.05, 0.1) is 21.6 Å². The first-order valence-electron chi connectivity index (χ1n) is 8.49. The zero-order valence-electron chi connectivity index (χ0n) is 14.8. The Bertz CT molecular complexity index is 1320. The Morgan fingerprint density at radius 3 is 2.64 bits per heavy atom. The number of nitrogens with two attached hydrogens (primary N) is 1. The van der Waals surface area contributed by atoms with E-state index in [1.807, 2.05) is 18.2 Å². The molecule has 0 bridgehead atoms. The normalized spacial score (nSPS) is 11.1. The van der Waals surface area contributed by atoms with Gasteiger partial charge in [0, 0.05) is 11.8 Å². The van der Waals surface area contributed by atoms with E-state index in [1.54, 1.807) is 42.6 Å². The summed E-state index contributed by atoms with van der Waals surface area (Å²) in [4.78, 5) is 11.3. The Balaban J connectivity index is 1.66. The van der Waals surface area contributed by atoms with Crippen LogP contribution in [-0.4, -0.2) is 23.4 Å². The summed E-state index contributed by atoms with van der Waals surface area (Å²) >= 11 is 0. The Labute approximate surface area is 162 Å². The molecule has 0 radical (unpaired) electrons. The molecule has 0 spiro atoms. The minimum atomic E-state index is -3.46. The number of rotatable bonds is 3. The highest BCUT2D eigenvalue weighted by atomic mass is 32.2. The largest absolute Gasteiger partial charge is 0.383 e. The molecular weight excluding hydrogens is 372 g/mol. The first-order chi connectivity index (χ1) is 13.5. The number of anilines is 1. The van der Waals surface area contributed by atoms with Gasteiger partial charge in [-0.3, -0.25) is 0 Å². The molecule has 0 saturated heterocycles. The highest BCUT2D eigenvalue weighted by Gasteiger charge is 2.15. The lowest BCUT2D eigenvalue weighted by Crippen LogP contribution is -2.05.